The van der Waals surface area contributed by atoms with Crippen LogP contribution in [0.3, 0.4) is 0 Å². The first kappa shape index (κ1) is 78.8. The number of nitrogens with zero attached hydrogens (tertiary/aromatic N) is 1. The number of hydrogen-bond acceptors (Lipinski definition) is 19. The third kappa shape index (κ3) is 23.0. The predicted molar refractivity (Wildman–Crippen MR) is 353 cm³/mol. The monoisotopic (exact) mass is 1370 g/mol. The maximum atomic E-state index is 13.5. The Morgan fingerprint density at radius 1 is 0.772 bits per heavy atom. The molecule has 1 aliphatic carbocycles. The van der Waals surface area contributed by atoms with E-state index >= 15 is 0 Å². The number of methoxy groups -OCH3 is 4. The highest BCUT2D eigenvalue weighted by Crippen LogP contribution is 2.46. The molecule has 0 saturated heterocycles. The Morgan fingerprint density at radius 2 is 1.25 bits per heavy atom. The molecule has 1 aromatic rings. The topological polar surface area (TPSA) is 353 Å². The molecule has 1 aromatic carbocycles. The molecule has 0 saturated carbocycles. The standard InChI is InChI=1S/C33H45N3O9.C31H43N3O8.C2H2BrClO/c1-8-12-36-27(37)17-44-25-16-23-30(39)22(28(25)36)13-18(2)14-26(43-7)29(38)20(4)15-21(5)31(45-33(34)41)24(42-6)11-9-10-19(3)32(40)35-23;1-8-12-33-26-21-13-17(2)14-25(41-7)27(36)19(4)15-20(5)29(42-31(32)39)24(40-6)11-9-10-18(3)30(38)34-22(28(21)37)16-23(26)35;3-1-2(4)5/h8-11,15-16,18,20,24,26,29,31,38-39H,1,12-14,17H2,2-7H3,(H2,34,41)(H,35,40);8-11,15-17,19,24-25,27,29,33,36H,1,12-14H2,2-7H3,(H2,32,39)(H,34,38);1H2/b11-9-,19-10+,21-15+;11-9-,18-10+,20-15+;/t18-,20+,24+,26+,29-,31+;17-,19+,24+,25+,27-,29+;/m11./s1. The van der Waals surface area contributed by atoms with Gasteiger partial charge in [0.1, 0.15) is 23.7 Å². The van der Waals surface area contributed by atoms with Gasteiger partial charge in [0.25, 0.3) is 17.7 Å². The third-order valence-corrected chi connectivity index (χ3v) is 16.3. The molecule has 0 aromatic heterocycles. The first-order valence-electron chi connectivity index (χ1n) is 29.6. The van der Waals surface area contributed by atoms with Crippen LogP contribution >= 0.6 is 27.5 Å². The van der Waals surface area contributed by atoms with Gasteiger partial charge in [0, 0.05) is 87.8 Å². The van der Waals surface area contributed by atoms with Crippen molar-refractivity contribution in [3.8, 4) is 11.5 Å². The number of alkyl halides is 1. The summed E-state index contributed by atoms with van der Waals surface area (Å²) in [4.78, 5) is 100. The Balaban J connectivity index is 0.000000448. The van der Waals surface area contributed by atoms with E-state index in [1.165, 1.54) is 45.5 Å². The number of Topliss-reactive ketones (excluding diaryl/α,β-unsaturated/α-hetero) is 1. The molecule has 506 valence electrons. The molecule has 4 aliphatic rings. The van der Waals surface area contributed by atoms with Crippen molar-refractivity contribution in [1.29, 1.82) is 0 Å². The summed E-state index contributed by atoms with van der Waals surface area (Å²) < 4.78 is 39.0. The van der Waals surface area contributed by atoms with E-state index in [1.807, 2.05) is 20.8 Å². The van der Waals surface area contributed by atoms with E-state index in [-0.39, 0.29) is 94.8 Å². The summed E-state index contributed by atoms with van der Waals surface area (Å²) in [5.41, 5.74) is 13.6. The van der Waals surface area contributed by atoms with Gasteiger partial charge in [-0.15, -0.1) is 13.2 Å². The third-order valence-electron chi connectivity index (χ3n) is 15.3. The molecule has 26 heteroatoms. The van der Waals surface area contributed by atoms with Crippen LogP contribution in [0.2, 0.25) is 0 Å². The number of aromatic hydroxyl groups is 1. The van der Waals surface area contributed by atoms with Crippen LogP contribution in [0.1, 0.15) is 80.2 Å². The van der Waals surface area contributed by atoms with Gasteiger partial charge >= 0.3 is 12.2 Å². The van der Waals surface area contributed by atoms with Gasteiger partial charge in [-0.05, 0) is 88.0 Å². The number of ether oxygens (including phenoxy) is 7. The van der Waals surface area contributed by atoms with Gasteiger partial charge in [0.05, 0.1) is 52.5 Å². The second-order valence-corrected chi connectivity index (χ2v) is 23.6. The van der Waals surface area contributed by atoms with Crippen LogP contribution < -0.4 is 37.1 Å². The van der Waals surface area contributed by atoms with E-state index < -0.39 is 96.2 Å². The molecule has 5 amide bonds. The lowest BCUT2D eigenvalue weighted by Gasteiger charge is -2.33. The number of nitrogens with two attached hydrogens (primary N) is 2. The second-order valence-electron chi connectivity index (χ2n) is 22.6. The Morgan fingerprint density at radius 3 is 1.68 bits per heavy atom. The zero-order chi connectivity index (χ0) is 69.3. The van der Waals surface area contributed by atoms with Crippen LogP contribution in [0.25, 0.3) is 0 Å². The lowest BCUT2D eigenvalue weighted by atomic mass is 9.85. The maximum absolute atomic E-state index is 13.5. The average Bonchev–Trinajstić information content (AvgIpc) is 0.787. The quantitative estimate of drug-likeness (QED) is 0.0331. The summed E-state index contributed by atoms with van der Waals surface area (Å²) >= 11 is 7.61. The minimum Gasteiger partial charge on any atom is -0.505 e. The van der Waals surface area contributed by atoms with E-state index in [9.17, 15) is 53.7 Å². The van der Waals surface area contributed by atoms with Crippen molar-refractivity contribution < 1.29 is 86.8 Å². The fraction of sp³-hybridized carbons (Fsp3) is 0.485. The number of phenols is 1. The van der Waals surface area contributed by atoms with Crippen LogP contribution in [-0.4, -0.2) is 164 Å². The van der Waals surface area contributed by atoms with Crippen molar-refractivity contribution in [2.75, 3.05) is 63.7 Å². The normalized spacial score (nSPS) is 29.3. The largest absolute Gasteiger partial charge is 0.505 e. The van der Waals surface area contributed by atoms with Crippen LogP contribution in [-0.2, 0) is 63.6 Å². The van der Waals surface area contributed by atoms with Gasteiger partial charge in [-0.1, -0.05) is 104 Å². The summed E-state index contributed by atoms with van der Waals surface area (Å²) in [5.74, 6) is -3.41. The fourth-order valence-corrected chi connectivity index (χ4v) is 10.6. The minimum absolute atomic E-state index is 0.116. The number of fused-ring (bicyclic) bond motifs is 6. The molecule has 12 atom stereocenters. The van der Waals surface area contributed by atoms with E-state index in [4.69, 9.17) is 56.2 Å². The molecule has 24 nitrogen and oxygen atoms in total. The number of amides is 5. The summed E-state index contributed by atoms with van der Waals surface area (Å²) in [7, 11) is 5.87. The number of primary amides is 2. The SMILES string of the molecule is C=CCN1C(=O)COc2cc3c(O)c(c21)C[C@@H](C)C[C@H](OC)[C@H](O)[C@@H](C)/C=C(\C)[C@H](OC(N)=O)[C@@H](OC)/C=C\C=C(/C)C(=O)N3.C=CCNC1=C2C[C@@H](C)C[C@H](OC)[C@H](O)[C@@H](C)/C=C(\C)[C@H](OC(N)=O)[C@@H](OC)/C=C\C=C(/C)C(=O)NC(=CC1=O)C2=O.O=C(Cl)CBr. The Bertz CT molecular complexity index is 3110. The number of rotatable bonds is 12. The minimum atomic E-state index is -1.00. The van der Waals surface area contributed by atoms with Crippen molar-refractivity contribution in [2.24, 2.45) is 35.1 Å². The number of allylic oxidation sites excluding steroid dienone is 6. The average molecular weight is 1370 g/mol. The molecule has 10 N–H and O–H groups in total. The number of carbonyl (C=O) groups is 8. The van der Waals surface area contributed by atoms with Crippen molar-refractivity contribution in [3.05, 3.63) is 131 Å². The number of carbonyl (C=O) groups excluding carboxylic acids is 8. The highest BCUT2D eigenvalue weighted by atomic mass is 79.9. The van der Waals surface area contributed by atoms with Gasteiger partial charge in [-0.3, -0.25) is 28.8 Å². The van der Waals surface area contributed by atoms with E-state index in [2.05, 4.69) is 45.0 Å². The number of aliphatic hydroxyl groups excluding tert-OH is 2. The van der Waals surface area contributed by atoms with Gasteiger partial charge < -0.3 is 80.8 Å². The Labute approximate surface area is 551 Å². The number of hydrogen-bond donors (Lipinski definition) is 8. The molecule has 0 fully saturated rings. The number of aliphatic hydroxyl groups is 2. The molecule has 0 spiro atoms. The van der Waals surface area contributed by atoms with Crippen LogP contribution in [0.4, 0.5) is 21.0 Å². The number of benzene rings is 1. The first-order valence-corrected chi connectivity index (χ1v) is 31.1. The number of anilines is 2. The fourth-order valence-electron chi connectivity index (χ4n) is 10.6. The van der Waals surface area contributed by atoms with Crippen molar-refractivity contribution in [3.63, 3.8) is 0 Å². The molecule has 0 unspecified atom stereocenters. The van der Waals surface area contributed by atoms with Crippen LogP contribution in [0, 0.1) is 23.7 Å². The molecule has 92 heavy (non-hydrogen) atoms. The zero-order valence-corrected chi connectivity index (χ0v) is 56.6. The molecular weight excluding hydrogens is 1280 g/mol. The number of phenolic OH excluding ortho intramolecular Hbond substituents is 1. The highest BCUT2D eigenvalue weighted by Gasteiger charge is 2.36. The molecule has 4 bridgehead atoms. The predicted octanol–water partition coefficient (Wildman–Crippen LogP) is 7.45. The van der Waals surface area contributed by atoms with E-state index in [1.54, 1.807) is 89.3 Å². The summed E-state index contributed by atoms with van der Waals surface area (Å²) in [5, 5.41) is 42.3. The highest BCUT2D eigenvalue weighted by molar-refractivity contribution is 9.09. The van der Waals surface area contributed by atoms with Crippen LogP contribution in [0.5, 0.6) is 11.5 Å². The van der Waals surface area contributed by atoms with Gasteiger partial charge in [0.2, 0.25) is 16.8 Å². The summed E-state index contributed by atoms with van der Waals surface area (Å²) in [6, 6.07) is 1.50. The van der Waals surface area contributed by atoms with Crippen LogP contribution in [0.15, 0.2) is 125 Å². The number of halogens is 2. The molecule has 0 radical (unpaired) electrons. The lowest BCUT2D eigenvalue weighted by Crippen LogP contribution is -2.40. The maximum Gasteiger partial charge on any atom is 0.405 e. The first-order chi connectivity index (χ1) is 43.4. The van der Waals surface area contributed by atoms with Gasteiger partial charge in [0.15, 0.2) is 18.8 Å². The Kier molecular flexibility index (Phi) is 33.0. The van der Waals surface area contributed by atoms with Crippen molar-refractivity contribution >= 4 is 85.6 Å². The molecular formula is C66H90BrClN6O18. The van der Waals surface area contributed by atoms with Crippen molar-refractivity contribution in [1.82, 2.24) is 10.6 Å². The summed E-state index contributed by atoms with van der Waals surface area (Å²) in [6.45, 7) is 21.7. The number of ketones is 2. The second kappa shape index (κ2) is 38.5. The lowest BCUT2D eigenvalue weighted by molar-refractivity contribution is -0.121. The van der Waals surface area contributed by atoms with Gasteiger partial charge in [-0.25, -0.2) is 9.59 Å². The smallest absolute Gasteiger partial charge is 0.405 e. The number of nitrogens with one attached hydrogen (secondary N) is 3. The summed E-state index contributed by atoms with van der Waals surface area (Å²) in [6.07, 6.45) is 9.84. The Hall–Kier alpha value is -7.49. The van der Waals surface area contributed by atoms with Gasteiger partial charge in [-0.2, -0.15) is 0 Å². The molecule has 3 aliphatic heterocycles. The van der Waals surface area contributed by atoms with E-state index in [0.29, 0.717) is 46.6 Å². The molecule has 3 heterocycles. The van der Waals surface area contributed by atoms with E-state index in [0.717, 1.165) is 6.08 Å². The molecule has 5 rings (SSSR count). The van der Waals surface area contributed by atoms with Crippen molar-refractivity contribution in [2.45, 2.75) is 130 Å². The zero-order valence-electron chi connectivity index (χ0n) is 54.3.